The van der Waals surface area contributed by atoms with Crippen LogP contribution in [0.3, 0.4) is 0 Å². The first-order valence-electron chi connectivity index (χ1n) is 8.96. The molecule has 0 radical (unpaired) electrons. The van der Waals surface area contributed by atoms with Crippen molar-refractivity contribution in [3.05, 3.63) is 53.3 Å². The normalized spacial score (nSPS) is 16.7. The number of hydrogen-bond donors (Lipinski definition) is 2. The molecule has 1 amide bonds. The highest BCUT2D eigenvalue weighted by Gasteiger charge is 2.49. The quantitative estimate of drug-likeness (QED) is 0.813. The summed E-state index contributed by atoms with van der Waals surface area (Å²) in [4.78, 5) is 12.6. The molecule has 1 saturated carbocycles. The molecule has 1 aromatic carbocycles. The van der Waals surface area contributed by atoms with E-state index in [-0.39, 0.29) is 11.3 Å². The molecule has 5 nitrogen and oxygen atoms in total. The molecule has 1 unspecified atom stereocenters. The number of amides is 1. The van der Waals surface area contributed by atoms with Crippen molar-refractivity contribution in [2.45, 2.75) is 46.3 Å². The summed E-state index contributed by atoms with van der Waals surface area (Å²) in [6.07, 6.45) is 2.95. The molecule has 2 aromatic rings. The van der Waals surface area contributed by atoms with Gasteiger partial charge in [-0.2, -0.15) is 5.10 Å². The highest BCUT2D eigenvalue weighted by atomic mass is 16.3. The lowest BCUT2D eigenvalue weighted by molar-refractivity contribution is 0.0807. The number of carbonyl (C=O) groups is 1. The van der Waals surface area contributed by atoms with Crippen molar-refractivity contribution in [1.82, 2.24) is 15.1 Å². The van der Waals surface area contributed by atoms with Crippen LogP contribution >= 0.6 is 0 Å². The predicted octanol–water partition coefficient (Wildman–Crippen LogP) is 3.09. The van der Waals surface area contributed by atoms with E-state index in [1.54, 1.807) is 6.20 Å². The largest absolute Gasteiger partial charge is 0.388 e. The maximum Gasteiger partial charge on any atom is 0.254 e. The van der Waals surface area contributed by atoms with Gasteiger partial charge in [0.2, 0.25) is 0 Å². The SMILES string of the molecule is Cc1c(C(=O)NCC2(C(O)c3ccccc3)CC2)cnn1CC(C)C. The van der Waals surface area contributed by atoms with Crippen LogP contribution in [0, 0.1) is 18.3 Å². The molecule has 0 saturated heterocycles. The van der Waals surface area contributed by atoms with Crippen molar-refractivity contribution in [2.75, 3.05) is 6.54 Å². The van der Waals surface area contributed by atoms with Crippen molar-refractivity contribution in [1.29, 1.82) is 0 Å². The third kappa shape index (κ3) is 3.76. The van der Waals surface area contributed by atoms with Crippen molar-refractivity contribution in [3.8, 4) is 0 Å². The van der Waals surface area contributed by atoms with E-state index in [4.69, 9.17) is 0 Å². The Morgan fingerprint density at radius 2 is 2.00 bits per heavy atom. The average Bonchev–Trinajstić information content (AvgIpc) is 3.32. The van der Waals surface area contributed by atoms with Crippen LogP contribution in [0.2, 0.25) is 0 Å². The fraction of sp³-hybridized carbons (Fsp3) is 0.500. The minimum absolute atomic E-state index is 0.112. The molecular formula is C20H27N3O2. The minimum atomic E-state index is -0.543. The van der Waals surface area contributed by atoms with Gasteiger partial charge in [0.15, 0.2) is 0 Å². The highest BCUT2D eigenvalue weighted by molar-refractivity contribution is 5.95. The predicted molar refractivity (Wildman–Crippen MR) is 97.2 cm³/mol. The molecule has 3 rings (SSSR count). The number of benzene rings is 1. The zero-order chi connectivity index (χ0) is 18.0. The maximum atomic E-state index is 12.6. The number of carbonyl (C=O) groups excluding carboxylic acids is 1. The Morgan fingerprint density at radius 3 is 2.60 bits per heavy atom. The molecule has 1 heterocycles. The molecular weight excluding hydrogens is 314 g/mol. The van der Waals surface area contributed by atoms with Gasteiger partial charge in [-0.25, -0.2) is 0 Å². The molecule has 1 fully saturated rings. The zero-order valence-electron chi connectivity index (χ0n) is 15.2. The molecule has 2 N–H and O–H groups in total. The molecule has 25 heavy (non-hydrogen) atoms. The minimum Gasteiger partial charge on any atom is -0.388 e. The average molecular weight is 341 g/mol. The summed E-state index contributed by atoms with van der Waals surface area (Å²) < 4.78 is 1.88. The van der Waals surface area contributed by atoms with E-state index in [2.05, 4.69) is 24.3 Å². The molecule has 1 aliphatic carbocycles. The van der Waals surface area contributed by atoms with E-state index in [0.29, 0.717) is 18.0 Å². The summed E-state index contributed by atoms with van der Waals surface area (Å²) in [6.45, 7) is 7.47. The van der Waals surface area contributed by atoms with Gasteiger partial charge in [-0.3, -0.25) is 9.48 Å². The van der Waals surface area contributed by atoms with Gasteiger partial charge in [0.25, 0.3) is 5.91 Å². The third-order valence-electron chi connectivity index (χ3n) is 5.07. The van der Waals surface area contributed by atoms with Gasteiger partial charge in [-0.15, -0.1) is 0 Å². The molecule has 1 atom stereocenters. The summed E-state index contributed by atoms with van der Waals surface area (Å²) in [5.41, 5.74) is 2.18. The monoisotopic (exact) mass is 341 g/mol. The molecule has 5 heteroatoms. The molecule has 1 aliphatic rings. The van der Waals surface area contributed by atoms with E-state index in [9.17, 15) is 9.90 Å². The van der Waals surface area contributed by atoms with Gasteiger partial charge < -0.3 is 10.4 Å². The number of aliphatic hydroxyl groups excluding tert-OH is 1. The smallest absolute Gasteiger partial charge is 0.254 e. The number of aliphatic hydroxyl groups is 1. The van der Waals surface area contributed by atoms with Gasteiger partial charge in [-0.1, -0.05) is 44.2 Å². The second kappa shape index (κ2) is 7.00. The lowest BCUT2D eigenvalue weighted by Crippen LogP contribution is -2.33. The number of hydrogen-bond acceptors (Lipinski definition) is 3. The molecule has 134 valence electrons. The van der Waals surface area contributed by atoms with E-state index >= 15 is 0 Å². The highest BCUT2D eigenvalue weighted by Crippen LogP contribution is 2.54. The summed E-state index contributed by atoms with van der Waals surface area (Å²) in [7, 11) is 0. The van der Waals surface area contributed by atoms with E-state index in [1.165, 1.54) is 0 Å². The van der Waals surface area contributed by atoms with Crippen LogP contribution < -0.4 is 5.32 Å². The first-order valence-corrected chi connectivity index (χ1v) is 8.96. The molecule has 0 aliphatic heterocycles. The van der Waals surface area contributed by atoms with Crippen LogP contribution in [-0.4, -0.2) is 27.3 Å². The fourth-order valence-electron chi connectivity index (χ4n) is 3.25. The molecule has 1 aromatic heterocycles. The Bertz CT molecular complexity index is 733. The van der Waals surface area contributed by atoms with Crippen LogP contribution in [0.25, 0.3) is 0 Å². The van der Waals surface area contributed by atoms with Gasteiger partial charge >= 0.3 is 0 Å². The zero-order valence-corrected chi connectivity index (χ0v) is 15.2. The van der Waals surface area contributed by atoms with E-state index in [1.807, 2.05) is 41.9 Å². The first-order chi connectivity index (χ1) is 11.9. The lowest BCUT2D eigenvalue weighted by Gasteiger charge is -2.23. The van der Waals surface area contributed by atoms with Gasteiger partial charge in [0.05, 0.1) is 17.9 Å². The van der Waals surface area contributed by atoms with Gasteiger partial charge in [0, 0.05) is 24.2 Å². The lowest BCUT2D eigenvalue weighted by atomic mass is 9.92. The Kier molecular flexibility index (Phi) is 4.95. The van der Waals surface area contributed by atoms with Crippen LogP contribution in [0.4, 0.5) is 0 Å². The maximum absolute atomic E-state index is 12.6. The number of aromatic nitrogens is 2. The van der Waals surface area contributed by atoms with Crippen LogP contribution in [0.5, 0.6) is 0 Å². The Hall–Kier alpha value is -2.14. The van der Waals surface area contributed by atoms with Crippen molar-refractivity contribution >= 4 is 5.91 Å². The van der Waals surface area contributed by atoms with Crippen LogP contribution in [0.1, 0.15) is 54.4 Å². The van der Waals surface area contributed by atoms with Crippen molar-refractivity contribution in [2.24, 2.45) is 11.3 Å². The first kappa shape index (κ1) is 17.7. The number of nitrogens with one attached hydrogen (secondary N) is 1. The number of rotatable bonds is 7. The van der Waals surface area contributed by atoms with Gasteiger partial charge in [0.1, 0.15) is 0 Å². The molecule has 0 bridgehead atoms. The fourth-order valence-corrected chi connectivity index (χ4v) is 3.25. The van der Waals surface area contributed by atoms with E-state index < -0.39 is 6.10 Å². The van der Waals surface area contributed by atoms with E-state index in [0.717, 1.165) is 30.6 Å². The molecule has 0 spiro atoms. The summed E-state index contributed by atoms with van der Waals surface area (Å²) in [5.74, 6) is 0.365. The van der Waals surface area contributed by atoms with Crippen LogP contribution in [0.15, 0.2) is 36.5 Å². The Labute approximate surface area is 149 Å². The standard InChI is InChI=1S/C20H27N3O2/c1-14(2)12-23-15(3)17(11-22-23)19(25)21-13-20(9-10-20)18(24)16-7-5-4-6-8-16/h4-8,11,14,18,24H,9-10,12-13H2,1-3H3,(H,21,25). The summed E-state index contributed by atoms with van der Waals surface area (Å²) in [6, 6.07) is 9.67. The van der Waals surface area contributed by atoms with Crippen molar-refractivity contribution in [3.63, 3.8) is 0 Å². The second-order valence-electron chi connectivity index (χ2n) is 7.58. The van der Waals surface area contributed by atoms with Crippen molar-refractivity contribution < 1.29 is 9.90 Å². The third-order valence-corrected chi connectivity index (χ3v) is 5.07. The Morgan fingerprint density at radius 1 is 1.32 bits per heavy atom. The topological polar surface area (TPSA) is 67.2 Å². The van der Waals surface area contributed by atoms with Gasteiger partial charge in [-0.05, 0) is 31.2 Å². The summed E-state index contributed by atoms with van der Waals surface area (Å²) >= 11 is 0. The second-order valence-corrected chi connectivity index (χ2v) is 7.58. The Balaban J connectivity index is 1.64. The number of nitrogens with zero attached hydrogens (tertiary/aromatic N) is 2. The summed E-state index contributed by atoms with van der Waals surface area (Å²) in [5, 5.41) is 18.0. The van der Waals surface area contributed by atoms with Crippen LogP contribution in [-0.2, 0) is 6.54 Å².